The summed E-state index contributed by atoms with van der Waals surface area (Å²) in [5.74, 6) is 4.85. The molecule has 3 nitrogen and oxygen atoms in total. The minimum atomic E-state index is -0.268. The van der Waals surface area contributed by atoms with Crippen molar-refractivity contribution >= 4 is 5.91 Å². The first-order chi connectivity index (χ1) is 6.59. The zero-order valence-corrected chi connectivity index (χ0v) is 8.03. The Hall–Kier alpha value is -1.42. The Balaban J connectivity index is 2.46. The molecule has 0 saturated carbocycles. The minimum absolute atomic E-state index is 0.130. The van der Waals surface area contributed by atoms with Gasteiger partial charge in [0.1, 0.15) is 5.82 Å². The Bertz CT molecular complexity index is 308. The van der Waals surface area contributed by atoms with Gasteiger partial charge in [0.25, 0.3) is 0 Å². The van der Waals surface area contributed by atoms with Gasteiger partial charge in [0.15, 0.2) is 0 Å². The quantitative estimate of drug-likeness (QED) is 0.447. The van der Waals surface area contributed by atoms with Gasteiger partial charge in [0.05, 0.1) is 0 Å². The highest BCUT2D eigenvalue weighted by molar-refractivity contribution is 5.75. The highest BCUT2D eigenvalue weighted by Crippen LogP contribution is 2.05. The van der Waals surface area contributed by atoms with E-state index in [2.05, 4.69) is 0 Å². The van der Waals surface area contributed by atoms with Crippen molar-refractivity contribution < 1.29 is 9.18 Å². The van der Waals surface area contributed by atoms with Crippen LogP contribution < -0.4 is 5.84 Å². The van der Waals surface area contributed by atoms with Gasteiger partial charge in [-0.3, -0.25) is 9.80 Å². The summed E-state index contributed by atoms with van der Waals surface area (Å²) < 4.78 is 12.5. The first kappa shape index (κ1) is 10.7. The summed E-state index contributed by atoms with van der Waals surface area (Å²) in [5.41, 5.74) is 0.932. The van der Waals surface area contributed by atoms with Crippen LogP contribution in [0.2, 0.25) is 0 Å². The highest BCUT2D eigenvalue weighted by atomic mass is 19.1. The lowest BCUT2D eigenvalue weighted by Gasteiger charge is -2.09. The number of hydrogen-bond donors (Lipinski definition) is 1. The first-order valence-electron chi connectivity index (χ1n) is 4.35. The Labute approximate surface area is 82.3 Å². The van der Waals surface area contributed by atoms with E-state index in [0.717, 1.165) is 10.6 Å². The number of hydrogen-bond acceptors (Lipinski definition) is 2. The number of carbonyl (C=O) groups excluding carboxylic acids is 1. The molecule has 0 aliphatic rings. The van der Waals surface area contributed by atoms with Crippen molar-refractivity contribution in [3.8, 4) is 0 Å². The average Bonchev–Trinajstić information content (AvgIpc) is 2.16. The van der Waals surface area contributed by atoms with Crippen LogP contribution in [0, 0.1) is 5.82 Å². The molecule has 0 spiro atoms. The van der Waals surface area contributed by atoms with Crippen LogP contribution in [0.15, 0.2) is 24.3 Å². The predicted octanol–water partition coefficient (Wildman–Crippen LogP) is 1.09. The first-order valence-corrected chi connectivity index (χ1v) is 4.35. The molecule has 0 bridgehead atoms. The molecule has 14 heavy (non-hydrogen) atoms. The summed E-state index contributed by atoms with van der Waals surface area (Å²) in [6.45, 7) is 0. The molecule has 0 saturated heterocycles. The number of rotatable bonds is 3. The molecule has 1 rings (SSSR count). The third-order valence-corrected chi connectivity index (χ3v) is 1.93. The summed E-state index contributed by atoms with van der Waals surface area (Å²) in [5, 5.41) is 1.06. The minimum Gasteiger partial charge on any atom is -0.284 e. The summed E-state index contributed by atoms with van der Waals surface area (Å²) in [6.07, 6.45) is 0.930. The molecular weight excluding hydrogens is 183 g/mol. The van der Waals surface area contributed by atoms with Gasteiger partial charge < -0.3 is 0 Å². The van der Waals surface area contributed by atoms with Gasteiger partial charge in [-0.2, -0.15) is 0 Å². The highest BCUT2D eigenvalue weighted by Gasteiger charge is 2.04. The van der Waals surface area contributed by atoms with E-state index in [9.17, 15) is 9.18 Å². The number of hydrazine groups is 1. The molecule has 1 amide bonds. The number of aryl methyl sites for hydroxylation is 1. The largest absolute Gasteiger partial charge is 0.284 e. The molecule has 4 heteroatoms. The zero-order chi connectivity index (χ0) is 10.6. The average molecular weight is 196 g/mol. The topological polar surface area (TPSA) is 46.3 Å². The third kappa shape index (κ3) is 3.14. The van der Waals surface area contributed by atoms with E-state index in [4.69, 9.17) is 5.84 Å². The van der Waals surface area contributed by atoms with Gasteiger partial charge in [-0.1, -0.05) is 12.1 Å². The third-order valence-electron chi connectivity index (χ3n) is 1.93. The summed E-state index contributed by atoms with van der Waals surface area (Å²) >= 11 is 0. The van der Waals surface area contributed by atoms with E-state index in [0.29, 0.717) is 12.8 Å². The zero-order valence-electron chi connectivity index (χ0n) is 8.03. The van der Waals surface area contributed by atoms with Crippen LogP contribution in [0.3, 0.4) is 0 Å². The van der Waals surface area contributed by atoms with Gasteiger partial charge in [-0.05, 0) is 24.1 Å². The molecule has 1 aromatic carbocycles. The number of halogens is 1. The molecule has 0 aliphatic carbocycles. The second kappa shape index (κ2) is 4.72. The Kier molecular flexibility index (Phi) is 3.59. The molecule has 0 unspecified atom stereocenters. The van der Waals surface area contributed by atoms with Gasteiger partial charge in [-0.15, -0.1) is 0 Å². The number of amides is 1. The van der Waals surface area contributed by atoms with Crippen LogP contribution in [-0.4, -0.2) is 18.0 Å². The number of nitrogens with zero attached hydrogens (tertiary/aromatic N) is 1. The lowest BCUT2D eigenvalue weighted by molar-refractivity contribution is -0.130. The maximum absolute atomic E-state index is 12.5. The van der Waals surface area contributed by atoms with Crippen molar-refractivity contribution in [1.82, 2.24) is 5.01 Å². The lowest BCUT2D eigenvalue weighted by atomic mass is 10.1. The van der Waals surface area contributed by atoms with Gasteiger partial charge in [-0.25, -0.2) is 10.2 Å². The fourth-order valence-electron chi connectivity index (χ4n) is 1.08. The van der Waals surface area contributed by atoms with Crippen LogP contribution in [0.4, 0.5) is 4.39 Å². The number of benzene rings is 1. The van der Waals surface area contributed by atoms with E-state index >= 15 is 0 Å². The standard InChI is InChI=1S/C10H13FN2O/c1-13(12)10(14)7-4-8-2-5-9(11)6-3-8/h2-3,5-6H,4,7,12H2,1H3. The van der Waals surface area contributed by atoms with Crippen LogP contribution >= 0.6 is 0 Å². The predicted molar refractivity (Wildman–Crippen MR) is 51.7 cm³/mol. The monoisotopic (exact) mass is 196 g/mol. The lowest BCUT2D eigenvalue weighted by Crippen LogP contribution is -2.33. The fraction of sp³-hybridized carbons (Fsp3) is 0.300. The van der Waals surface area contributed by atoms with E-state index in [1.165, 1.54) is 19.2 Å². The van der Waals surface area contributed by atoms with Gasteiger partial charge >= 0.3 is 0 Å². The van der Waals surface area contributed by atoms with Crippen LogP contribution in [0.25, 0.3) is 0 Å². The van der Waals surface area contributed by atoms with Crippen LogP contribution in [0.1, 0.15) is 12.0 Å². The molecule has 0 aliphatic heterocycles. The Morgan fingerprint density at radius 3 is 2.50 bits per heavy atom. The molecule has 0 aromatic heterocycles. The van der Waals surface area contributed by atoms with Gasteiger partial charge in [0.2, 0.25) is 5.91 Å². The van der Waals surface area contributed by atoms with Crippen LogP contribution in [0.5, 0.6) is 0 Å². The maximum Gasteiger partial charge on any atom is 0.236 e. The van der Waals surface area contributed by atoms with E-state index in [-0.39, 0.29) is 11.7 Å². The van der Waals surface area contributed by atoms with Crippen molar-refractivity contribution in [3.63, 3.8) is 0 Å². The van der Waals surface area contributed by atoms with Gasteiger partial charge in [0, 0.05) is 13.5 Å². The van der Waals surface area contributed by atoms with Crippen molar-refractivity contribution in [2.75, 3.05) is 7.05 Å². The SMILES string of the molecule is CN(N)C(=O)CCc1ccc(F)cc1. The molecule has 0 atom stereocenters. The Morgan fingerprint density at radius 2 is 2.00 bits per heavy atom. The number of nitrogens with two attached hydrogens (primary N) is 1. The maximum atomic E-state index is 12.5. The molecule has 0 radical (unpaired) electrons. The van der Waals surface area contributed by atoms with Crippen molar-refractivity contribution in [2.45, 2.75) is 12.8 Å². The smallest absolute Gasteiger partial charge is 0.236 e. The molecule has 76 valence electrons. The van der Waals surface area contributed by atoms with E-state index < -0.39 is 0 Å². The van der Waals surface area contributed by atoms with Crippen molar-refractivity contribution in [3.05, 3.63) is 35.6 Å². The van der Waals surface area contributed by atoms with Crippen molar-refractivity contribution in [2.24, 2.45) is 5.84 Å². The fourth-order valence-corrected chi connectivity index (χ4v) is 1.08. The van der Waals surface area contributed by atoms with Crippen molar-refractivity contribution in [1.29, 1.82) is 0 Å². The van der Waals surface area contributed by atoms with Crippen LogP contribution in [-0.2, 0) is 11.2 Å². The molecule has 2 N–H and O–H groups in total. The normalized spacial score (nSPS) is 9.93. The molecule has 0 fully saturated rings. The summed E-state index contributed by atoms with van der Waals surface area (Å²) in [4.78, 5) is 11.1. The number of carbonyl (C=O) groups is 1. The molecule has 1 aromatic rings. The second-order valence-electron chi connectivity index (χ2n) is 3.13. The molecule has 0 heterocycles. The second-order valence-corrected chi connectivity index (χ2v) is 3.13. The summed E-state index contributed by atoms with van der Waals surface area (Å²) in [6, 6.07) is 6.09. The Morgan fingerprint density at radius 1 is 1.43 bits per heavy atom. The molecular formula is C10H13FN2O. The summed E-state index contributed by atoms with van der Waals surface area (Å²) in [7, 11) is 1.51. The van der Waals surface area contributed by atoms with E-state index in [1.807, 2.05) is 0 Å². The van der Waals surface area contributed by atoms with E-state index in [1.54, 1.807) is 12.1 Å².